The molecule has 0 saturated carbocycles. The van der Waals surface area contributed by atoms with Crippen molar-refractivity contribution in [2.24, 2.45) is 0 Å². The topological polar surface area (TPSA) is 121 Å². The molecule has 0 atom stereocenters. The van der Waals surface area contributed by atoms with E-state index in [9.17, 15) is 19.2 Å². The smallest absolute Gasteiger partial charge is 0.303 e. The number of hydrogen-bond acceptors (Lipinski definition) is 6. The van der Waals surface area contributed by atoms with Gasteiger partial charge in [0.25, 0.3) is 0 Å². The van der Waals surface area contributed by atoms with Crippen LogP contribution < -0.4 is 5.32 Å². The van der Waals surface area contributed by atoms with E-state index in [0.717, 1.165) is 0 Å². The van der Waals surface area contributed by atoms with Gasteiger partial charge in [-0.1, -0.05) is 0 Å². The fraction of sp³-hybridized carbons (Fsp3) is 0.667. The molecule has 0 radical (unpaired) electrons. The Balaban J connectivity index is 0. The minimum atomic E-state index is -0.742. The second-order valence-electron chi connectivity index (χ2n) is 3.91. The first-order valence-corrected chi connectivity index (χ1v) is 7.58. The van der Waals surface area contributed by atoms with Gasteiger partial charge in [0.2, 0.25) is 11.8 Å². The van der Waals surface area contributed by atoms with Gasteiger partial charge in [-0.15, -0.1) is 0 Å². The van der Waals surface area contributed by atoms with Gasteiger partial charge in [-0.3, -0.25) is 24.5 Å². The highest BCUT2D eigenvalue weighted by atomic mass is 32.1. The third kappa shape index (κ3) is 21.2. The van der Waals surface area contributed by atoms with Crippen molar-refractivity contribution in [3.05, 3.63) is 0 Å². The normalized spacial score (nSPS) is 12.5. The predicted molar refractivity (Wildman–Crippen MR) is 83.8 cm³/mol. The lowest BCUT2D eigenvalue weighted by atomic mass is 10.3. The number of imide groups is 1. The molecule has 0 aliphatic carbocycles. The SMILES string of the molecule is O=C(O)CCCS.O=C(O)CCCS.O=C1CCC(=O)N1. The van der Waals surface area contributed by atoms with Gasteiger partial charge in [-0.2, -0.15) is 25.3 Å². The van der Waals surface area contributed by atoms with E-state index in [1.807, 2.05) is 0 Å². The molecular formula is C12H21NO6S2. The summed E-state index contributed by atoms with van der Waals surface area (Å²) < 4.78 is 0. The van der Waals surface area contributed by atoms with Gasteiger partial charge >= 0.3 is 11.9 Å². The van der Waals surface area contributed by atoms with Crippen LogP contribution in [0.2, 0.25) is 0 Å². The minimum absolute atomic E-state index is 0.148. The first-order chi connectivity index (χ1) is 9.83. The molecule has 0 spiro atoms. The molecule has 0 aromatic heterocycles. The summed E-state index contributed by atoms with van der Waals surface area (Å²) in [6.07, 6.45) is 2.56. The number of carboxylic acids is 2. The Morgan fingerprint density at radius 1 is 0.905 bits per heavy atom. The molecule has 2 amide bonds. The zero-order valence-corrected chi connectivity index (χ0v) is 13.4. The zero-order valence-electron chi connectivity index (χ0n) is 11.6. The molecule has 1 rings (SSSR count). The Kier molecular flexibility index (Phi) is 15.9. The van der Waals surface area contributed by atoms with E-state index in [-0.39, 0.29) is 24.7 Å². The van der Waals surface area contributed by atoms with Crippen LogP contribution in [0.1, 0.15) is 38.5 Å². The van der Waals surface area contributed by atoms with E-state index >= 15 is 0 Å². The molecule has 1 fully saturated rings. The summed E-state index contributed by atoms with van der Waals surface area (Å²) >= 11 is 7.66. The Hall–Kier alpha value is -1.22. The summed E-state index contributed by atoms with van der Waals surface area (Å²) in [4.78, 5) is 39.7. The number of amides is 2. The number of aliphatic carboxylic acids is 2. The molecular weight excluding hydrogens is 318 g/mol. The van der Waals surface area contributed by atoms with Crippen molar-refractivity contribution in [3.8, 4) is 0 Å². The van der Waals surface area contributed by atoms with Crippen LogP contribution in [0.25, 0.3) is 0 Å². The summed E-state index contributed by atoms with van der Waals surface area (Å²) in [6.45, 7) is 0. The Morgan fingerprint density at radius 3 is 1.33 bits per heavy atom. The maximum absolute atomic E-state index is 10.1. The van der Waals surface area contributed by atoms with Gasteiger partial charge in [0.15, 0.2) is 0 Å². The largest absolute Gasteiger partial charge is 0.481 e. The van der Waals surface area contributed by atoms with Crippen molar-refractivity contribution in [1.29, 1.82) is 0 Å². The maximum atomic E-state index is 10.1. The quantitative estimate of drug-likeness (QED) is 0.363. The van der Waals surface area contributed by atoms with Crippen molar-refractivity contribution >= 4 is 49.0 Å². The molecule has 1 aliphatic rings. The van der Waals surface area contributed by atoms with Gasteiger partial charge in [0, 0.05) is 25.7 Å². The highest BCUT2D eigenvalue weighted by Crippen LogP contribution is 1.95. The molecule has 7 nitrogen and oxygen atoms in total. The third-order valence-electron chi connectivity index (χ3n) is 1.96. The van der Waals surface area contributed by atoms with Crippen LogP contribution in [0.3, 0.4) is 0 Å². The van der Waals surface area contributed by atoms with E-state index in [1.165, 1.54) is 0 Å². The van der Waals surface area contributed by atoms with Crippen LogP contribution in [0, 0.1) is 0 Å². The van der Waals surface area contributed by atoms with E-state index < -0.39 is 11.9 Å². The first-order valence-electron chi connectivity index (χ1n) is 6.31. The fourth-order valence-electron chi connectivity index (χ4n) is 0.968. The molecule has 3 N–H and O–H groups in total. The highest BCUT2D eigenvalue weighted by Gasteiger charge is 2.15. The van der Waals surface area contributed by atoms with E-state index in [0.29, 0.717) is 37.2 Å². The predicted octanol–water partition coefficient (Wildman–Crippen LogP) is 0.985. The Bertz CT molecular complexity index is 317. The van der Waals surface area contributed by atoms with Gasteiger partial charge in [-0.05, 0) is 24.3 Å². The van der Waals surface area contributed by atoms with Crippen molar-refractivity contribution in [2.75, 3.05) is 11.5 Å². The summed E-state index contributed by atoms with van der Waals surface area (Å²) in [5.74, 6) is -0.461. The molecule has 0 aromatic carbocycles. The van der Waals surface area contributed by atoms with Crippen molar-refractivity contribution in [3.63, 3.8) is 0 Å². The number of rotatable bonds is 6. The first kappa shape index (κ1) is 22.1. The lowest BCUT2D eigenvalue weighted by Gasteiger charge is -1.85. The van der Waals surface area contributed by atoms with Crippen molar-refractivity contribution < 1.29 is 29.4 Å². The molecule has 0 bridgehead atoms. The number of carbonyl (C=O) groups excluding carboxylic acids is 2. The Morgan fingerprint density at radius 2 is 1.24 bits per heavy atom. The summed E-state index contributed by atoms with van der Waals surface area (Å²) in [5, 5.41) is 18.2. The average molecular weight is 339 g/mol. The number of nitrogens with one attached hydrogen (secondary N) is 1. The monoisotopic (exact) mass is 339 g/mol. The second kappa shape index (κ2) is 15.2. The number of carboxylic acid groups (broad SMARTS) is 2. The van der Waals surface area contributed by atoms with Gasteiger partial charge < -0.3 is 10.2 Å². The van der Waals surface area contributed by atoms with E-state index in [2.05, 4.69) is 30.6 Å². The van der Waals surface area contributed by atoms with Crippen LogP contribution in [-0.2, 0) is 19.2 Å². The highest BCUT2D eigenvalue weighted by molar-refractivity contribution is 7.80. The molecule has 1 heterocycles. The summed E-state index contributed by atoms with van der Waals surface area (Å²) in [6, 6.07) is 0. The number of thiol groups is 2. The van der Waals surface area contributed by atoms with Gasteiger partial charge in [-0.25, -0.2) is 0 Å². The van der Waals surface area contributed by atoms with Crippen LogP contribution in [-0.4, -0.2) is 45.5 Å². The second-order valence-corrected chi connectivity index (χ2v) is 4.81. The summed E-state index contributed by atoms with van der Waals surface area (Å²) in [5.41, 5.74) is 0. The average Bonchev–Trinajstić information content (AvgIpc) is 2.79. The van der Waals surface area contributed by atoms with Crippen molar-refractivity contribution in [2.45, 2.75) is 38.5 Å². The third-order valence-corrected chi connectivity index (χ3v) is 2.59. The molecule has 0 unspecified atom stereocenters. The number of hydrogen-bond donors (Lipinski definition) is 5. The van der Waals surface area contributed by atoms with E-state index in [4.69, 9.17) is 10.2 Å². The molecule has 1 saturated heterocycles. The van der Waals surface area contributed by atoms with Crippen LogP contribution in [0.15, 0.2) is 0 Å². The fourth-order valence-corrected chi connectivity index (χ4v) is 1.28. The Labute approximate surface area is 134 Å². The summed E-state index contributed by atoms with van der Waals surface area (Å²) in [7, 11) is 0. The zero-order chi connectivity index (χ0) is 16.7. The molecule has 0 aromatic rings. The van der Waals surface area contributed by atoms with Crippen LogP contribution in [0.5, 0.6) is 0 Å². The maximum Gasteiger partial charge on any atom is 0.303 e. The molecule has 21 heavy (non-hydrogen) atoms. The minimum Gasteiger partial charge on any atom is -0.481 e. The van der Waals surface area contributed by atoms with Crippen LogP contribution >= 0.6 is 25.3 Å². The van der Waals surface area contributed by atoms with Crippen molar-refractivity contribution in [1.82, 2.24) is 5.32 Å². The standard InChI is InChI=1S/C4H5NO2.2C4H8O2S/c6-3-1-2-4(7)5-3;2*5-4(6)2-1-3-7/h1-2H2,(H,5,6,7);2*7H,1-3H2,(H,5,6). The lowest BCUT2D eigenvalue weighted by Crippen LogP contribution is -2.18. The molecule has 9 heteroatoms. The van der Waals surface area contributed by atoms with Gasteiger partial charge in [0.1, 0.15) is 0 Å². The van der Waals surface area contributed by atoms with Crippen LogP contribution in [0.4, 0.5) is 0 Å². The lowest BCUT2D eigenvalue weighted by molar-refractivity contribution is -0.138. The number of carbonyl (C=O) groups is 4. The van der Waals surface area contributed by atoms with Gasteiger partial charge in [0.05, 0.1) is 0 Å². The van der Waals surface area contributed by atoms with E-state index in [1.54, 1.807) is 0 Å². The molecule has 1 aliphatic heterocycles. The molecule has 122 valence electrons.